The molecule has 2 aromatic heterocycles. The molecule has 1 amide bonds. The summed E-state index contributed by atoms with van der Waals surface area (Å²) in [5.41, 5.74) is 4.97. The fourth-order valence-electron chi connectivity index (χ4n) is 2.85. The molecule has 0 fully saturated rings. The van der Waals surface area contributed by atoms with Crippen LogP contribution in [0.25, 0.3) is 22.4 Å². The van der Waals surface area contributed by atoms with Crippen LogP contribution >= 0.6 is 0 Å². The van der Waals surface area contributed by atoms with Crippen LogP contribution in [0, 0.1) is 0 Å². The second-order valence-electron chi connectivity index (χ2n) is 6.08. The number of carbonyl (C=O) groups excluding carboxylic acids is 1. The van der Waals surface area contributed by atoms with Crippen molar-refractivity contribution < 1.29 is 4.79 Å². The largest absolute Gasteiger partial charge is 0.322 e. The third-order valence-corrected chi connectivity index (χ3v) is 4.19. The summed E-state index contributed by atoms with van der Waals surface area (Å²) in [5.74, 6) is -0.196. The zero-order valence-corrected chi connectivity index (χ0v) is 14.5. The van der Waals surface area contributed by atoms with E-state index in [1.165, 1.54) is 0 Å². The Labute approximate surface area is 157 Å². The van der Waals surface area contributed by atoms with E-state index in [-0.39, 0.29) is 5.91 Å². The summed E-state index contributed by atoms with van der Waals surface area (Å²) in [6.07, 6.45) is 5.08. The van der Waals surface area contributed by atoms with E-state index < -0.39 is 0 Å². The van der Waals surface area contributed by atoms with Gasteiger partial charge in [0.2, 0.25) is 0 Å². The molecule has 130 valence electrons. The number of aromatic nitrogens is 2. The van der Waals surface area contributed by atoms with E-state index in [0.29, 0.717) is 11.3 Å². The molecule has 27 heavy (non-hydrogen) atoms. The maximum Gasteiger partial charge on any atom is 0.257 e. The highest BCUT2D eigenvalue weighted by Gasteiger charge is 2.09. The summed E-state index contributed by atoms with van der Waals surface area (Å²) in [6, 6.07) is 25.1. The Morgan fingerprint density at radius 2 is 1.56 bits per heavy atom. The molecule has 2 aromatic carbocycles. The lowest BCUT2D eigenvalue weighted by Gasteiger charge is -2.08. The summed E-state index contributed by atoms with van der Waals surface area (Å²) in [7, 11) is 0. The molecular formula is C23H17N3O. The standard InChI is InChI=1S/C23H17N3O/c27-23(20-13-19(15-24-16-20)17-7-2-1-3-8-17)26-21-10-6-9-18(14-21)22-11-4-5-12-25-22/h1-16H,(H,26,27). The van der Waals surface area contributed by atoms with Crippen molar-refractivity contribution in [1.82, 2.24) is 9.97 Å². The van der Waals surface area contributed by atoms with E-state index in [1.807, 2.05) is 78.9 Å². The molecular weight excluding hydrogens is 334 g/mol. The first kappa shape index (κ1) is 16.7. The quantitative estimate of drug-likeness (QED) is 0.559. The van der Waals surface area contributed by atoms with E-state index in [4.69, 9.17) is 0 Å². The molecule has 0 saturated carbocycles. The Hall–Kier alpha value is -3.79. The van der Waals surface area contributed by atoms with Crippen LogP contribution < -0.4 is 5.32 Å². The van der Waals surface area contributed by atoms with Gasteiger partial charge in [-0.1, -0.05) is 48.5 Å². The van der Waals surface area contributed by atoms with Gasteiger partial charge in [-0.3, -0.25) is 14.8 Å². The van der Waals surface area contributed by atoms with Crippen LogP contribution in [-0.4, -0.2) is 15.9 Å². The lowest BCUT2D eigenvalue weighted by Crippen LogP contribution is -2.12. The van der Waals surface area contributed by atoms with Crippen molar-refractivity contribution in [3.05, 3.63) is 103 Å². The number of anilines is 1. The number of hydrogen-bond donors (Lipinski definition) is 1. The van der Waals surface area contributed by atoms with Crippen LogP contribution in [0.3, 0.4) is 0 Å². The van der Waals surface area contributed by atoms with Crippen LogP contribution in [0.5, 0.6) is 0 Å². The molecule has 0 radical (unpaired) electrons. The minimum Gasteiger partial charge on any atom is -0.322 e. The number of nitrogens with zero attached hydrogens (tertiary/aromatic N) is 2. The minimum absolute atomic E-state index is 0.196. The van der Waals surface area contributed by atoms with Crippen molar-refractivity contribution in [2.24, 2.45) is 0 Å². The van der Waals surface area contributed by atoms with Gasteiger partial charge in [0.15, 0.2) is 0 Å². The number of rotatable bonds is 4. The molecule has 0 atom stereocenters. The maximum absolute atomic E-state index is 12.7. The highest BCUT2D eigenvalue weighted by Crippen LogP contribution is 2.22. The fourth-order valence-corrected chi connectivity index (χ4v) is 2.85. The summed E-state index contributed by atoms with van der Waals surface area (Å²) < 4.78 is 0. The Morgan fingerprint density at radius 1 is 0.741 bits per heavy atom. The summed E-state index contributed by atoms with van der Waals surface area (Å²) in [6.45, 7) is 0. The first-order valence-corrected chi connectivity index (χ1v) is 8.63. The second kappa shape index (κ2) is 7.62. The number of carbonyl (C=O) groups is 1. The van der Waals surface area contributed by atoms with Crippen LogP contribution in [0.4, 0.5) is 5.69 Å². The molecule has 0 saturated heterocycles. The van der Waals surface area contributed by atoms with Gasteiger partial charge in [-0.2, -0.15) is 0 Å². The van der Waals surface area contributed by atoms with Crippen LogP contribution in [-0.2, 0) is 0 Å². The zero-order chi connectivity index (χ0) is 18.5. The number of hydrogen-bond acceptors (Lipinski definition) is 3. The van der Waals surface area contributed by atoms with E-state index in [9.17, 15) is 4.79 Å². The maximum atomic E-state index is 12.7. The summed E-state index contributed by atoms with van der Waals surface area (Å²) in [4.78, 5) is 21.2. The average molecular weight is 351 g/mol. The number of pyridine rings is 2. The number of benzene rings is 2. The van der Waals surface area contributed by atoms with Crippen LogP contribution in [0.2, 0.25) is 0 Å². The number of amides is 1. The molecule has 0 aliphatic rings. The molecule has 4 rings (SSSR count). The third-order valence-electron chi connectivity index (χ3n) is 4.19. The van der Waals surface area contributed by atoms with Gasteiger partial charge in [0.25, 0.3) is 5.91 Å². The third kappa shape index (κ3) is 3.90. The molecule has 4 heteroatoms. The van der Waals surface area contributed by atoms with Gasteiger partial charge in [-0.25, -0.2) is 0 Å². The van der Waals surface area contributed by atoms with Gasteiger partial charge in [-0.05, 0) is 35.9 Å². The van der Waals surface area contributed by atoms with Gasteiger partial charge in [-0.15, -0.1) is 0 Å². The Morgan fingerprint density at radius 3 is 2.37 bits per heavy atom. The summed E-state index contributed by atoms with van der Waals surface area (Å²) >= 11 is 0. The van der Waals surface area contributed by atoms with Crippen molar-refractivity contribution in [3.8, 4) is 22.4 Å². The lowest BCUT2D eigenvalue weighted by atomic mass is 10.1. The molecule has 0 unspecified atom stereocenters. The lowest BCUT2D eigenvalue weighted by molar-refractivity contribution is 0.102. The average Bonchev–Trinajstić information content (AvgIpc) is 2.75. The van der Waals surface area contributed by atoms with E-state index in [1.54, 1.807) is 18.6 Å². The van der Waals surface area contributed by atoms with Crippen molar-refractivity contribution in [2.75, 3.05) is 5.32 Å². The van der Waals surface area contributed by atoms with Crippen LogP contribution in [0.1, 0.15) is 10.4 Å². The zero-order valence-electron chi connectivity index (χ0n) is 14.5. The predicted molar refractivity (Wildman–Crippen MR) is 107 cm³/mol. The first-order valence-electron chi connectivity index (χ1n) is 8.63. The van der Waals surface area contributed by atoms with E-state index in [0.717, 1.165) is 22.4 Å². The molecule has 2 heterocycles. The highest BCUT2D eigenvalue weighted by molar-refractivity contribution is 6.04. The summed E-state index contributed by atoms with van der Waals surface area (Å²) in [5, 5.41) is 2.94. The molecule has 0 bridgehead atoms. The van der Waals surface area contributed by atoms with Crippen LogP contribution in [0.15, 0.2) is 97.5 Å². The van der Waals surface area contributed by atoms with Crippen molar-refractivity contribution in [2.45, 2.75) is 0 Å². The Bertz CT molecular complexity index is 1060. The minimum atomic E-state index is -0.196. The Kier molecular flexibility index (Phi) is 4.70. The molecule has 4 nitrogen and oxygen atoms in total. The van der Waals surface area contributed by atoms with Gasteiger partial charge in [0, 0.05) is 35.4 Å². The monoisotopic (exact) mass is 351 g/mol. The van der Waals surface area contributed by atoms with Crippen molar-refractivity contribution in [1.29, 1.82) is 0 Å². The smallest absolute Gasteiger partial charge is 0.257 e. The molecule has 4 aromatic rings. The second-order valence-corrected chi connectivity index (χ2v) is 6.08. The van der Waals surface area contributed by atoms with E-state index >= 15 is 0 Å². The van der Waals surface area contributed by atoms with Crippen molar-refractivity contribution in [3.63, 3.8) is 0 Å². The van der Waals surface area contributed by atoms with Gasteiger partial charge in [0.1, 0.15) is 0 Å². The SMILES string of the molecule is O=C(Nc1cccc(-c2ccccn2)c1)c1cncc(-c2ccccc2)c1. The molecule has 0 aliphatic heterocycles. The normalized spacial score (nSPS) is 10.4. The van der Waals surface area contributed by atoms with Gasteiger partial charge < -0.3 is 5.32 Å². The van der Waals surface area contributed by atoms with Gasteiger partial charge >= 0.3 is 0 Å². The highest BCUT2D eigenvalue weighted by atomic mass is 16.1. The molecule has 0 spiro atoms. The first-order chi connectivity index (χ1) is 13.3. The van der Waals surface area contributed by atoms with Gasteiger partial charge in [0.05, 0.1) is 11.3 Å². The number of nitrogens with one attached hydrogen (secondary N) is 1. The predicted octanol–water partition coefficient (Wildman–Crippen LogP) is 5.06. The topological polar surface area (TPSA) is 54.9 Å². The fraction of sp³-hybridized carbons (Fsp3) is 0. The molecule has 0 aliphatic carbocycles. The van der Waals surface area contributed by atoms with E-state index in [2.05, 4.69) is 15.3 Å². The Balaban J connectivity index is 1.57. The molecule has 1 N–H and O–H groups in total. The van der Waals surface area contributed by atoms with Crippen molar-refractivity contribution >= 4 is 11.6 Å².